The number of rotatable bonds is 2. The first-order valence-electron chi connectivity index (χ1n) is 14.8. The van der Waals surface area contributed by atoms with Crippen LogP contribution in [0.25, 0.3) is 0 Å². The average molecular weight is 578 g/mol. The average Bonchev–Trinajstić information content (AvgIpc) is 2.76. The maximum absolute atomic E-state index is 12.4. The minimum atomic E-state index is -0.595. The van der Waals surface area contributed by atoms with Crippen LogP contribution >= 0.6 is 15.9 Å². The normalized spacial score (nSPS) is 48.1. The van der Waals surface area contributed by atoms with Crippen LogP contribution in [0.1, 0.15) is 113 Å². The molecule has 0 bridgehead atoms. The van der Waals surface area contributed by atoms with E-state index in [1.54, 1.807) is 12.5 Å². The molecule has 1 N–H and O–H groups in total. The van der Waals surface area contributed by atoms with Crippen LogP contribution in [0.4, 0.5) is 0 Å². The largest absolute Gasteiger partial charge is 0.481 e. The number of carboxylic acid groups (broad SMARTS) is 1. The SMILES string of the molecule is CC(=O)O[C@H]1CC[C@@]2(C)C(CC[C@]3(C)C2CC(Br)=C2C4CC(C)(C)C[C@@H](C(=O)O)[C@H]4CC[C@]23C)C1(C)C. The summed E-state index contributed by atoms with van der Waals surface area (Å²) < 4.78 is 7.28. The van der Waals surface area contributed by atoms with E-state index in [-0.39, 0.29) is 51.0 Å². The van der Waals surface area contributed by atoms with E-state index in [1.807, 2.05) is 0 Å². The van der Waals surface area contributed by atoms with Gasteiger partial charge in [-0.15, -0.1) is 0 Å². The van der Waals surface area contributed by atoms with Gasteiger partial charge in [0, 0.05) is 12.3 Å². The third kappa shape index (κ3) is 3.85. The second-order valence-corrected chi connectivity index (χ2v) is 16.7. The Morgan fingerprint density at radius 2 is 1.59 bits per heavy atom. The van der Waals surface area contributed by atoms with E-state index in [1.165, 1.54) is 17.3 Å². The zero-order valence-corrected chi connectivity index (χ0v) is 26.0. The van der Waals surface area contributed by atoms with Crippen LogP contribution in [0, 0.1) is 56.7 Å². The van der Waals surface area contributed by atoms with Gasteiger partial charge in [-0.3, -0.25) is 9.59 Å². The fourth-order valence-electron chi connectivity index (χ4n) is 11.3. The van der Waals surface area contributed by atoms with E-state index in [0.29, 0.717) is 17.8 Å². The lowest BCUT2D eigenvalue weighted by Crippen LogP contribution is -2.64. The van der Waals surface area contributed by atoms with Crippen molar-refractivity contribution in [2.75, 3.05) is 0 Å². The molecule has 37 heavy (non-hydrogen) atoms. The molecule has 4 fully saturated rings. The van der Waals surface area contributed by atoms with E-state index in [2.05, 4.69) is 64.4 Å². The van der Waals surface area contributed by atoms with Crippen LogP contribution in [-0.2, 0) is 14.3 Å². The summed E-state index contributed by atoms with van der Waals surface area (Å²) in [6.07, 6.45) is 9.47. The Balaban J connectivity index is 1.56. The second kappa shape index (κ2) is 8.58. The molecule has 208 valence electrons. The van der Waals surface area contributed by atoms with Crippen molar-refractivity contribution >= 4 is 27.9 Å². The predicted octanol–water partition coefficient (Wildman–Crippen LogP) is 8.38. The Hall–Kier alpha value is -0.840. The lowest BCUT2D eigenvalue weighted by atomic mass is 9.34. The number of carboxylic acids is 1. The van der Waals surface area contributed by atoms with Crippen molar-refractivity contribution in [2.24, 2.45) is 56.7 Å². The lowest BCUT2D eigenvalue weighted by Gasteiger charge is -2.71. The first kappa shape index (κ1) is 27.7. The van der Waals surface area contributed by atoms with Crippen molar-refractivity contribution in [2.45, 2.75) is 119 Å². The monoisotopic (exact) mass is 576 g/mol. The maximum Gasteiger partial charge on any atom is 0.306 e. The van der Waals surface area contributed by atoms with Crippen molar-refractivity contribution < 1.29 is 19.4 Å². The van der Waals surface area contributed by atoms with Crippen LogP contribution in [-0.4, -0.2) is 23.1 Å². The van der Waals surface area contributed by atoms with E-state index < -0.39 is 5.97 Å². The maximum atomic E-state index is 12.4. The Kier molecular flexibility index (Phi) is 6.43. The highest BCUT2D eigenvalue weighted by molar-refractivity contribution is 9.11. The predicted molar refractivity (Wildman–Crippen MR) is 150 cm³/mol. The van der Waals surface area contributed by atoms with Gasteiger partial charge in [0.25, 0.3) is 0 Å². The zero-order chi connectivity index (χ0) is 27.3. The minimum absolute atomic E-state index is 0.00554. The molecule has 0 radical (unpaired) electrons. The standard InChI is InChI=1S/C32H49BrO4/c1-18(34)37-25-11-12-30(6)23(29(25,4)5)10-14-31(7)24(30)15-22(33)26-20-16-28(2,3)17-21(27(35)36)19(20)9-13-32(26,31)8/h19-21,23-25H,9-17H2,1-8H3,(H,35,36)/t19-,20?,21+,23?,24?,25-,30-,31+,32+/m0/s1. The molecule has 4 saturated carbocycles. The molecule has 0 aliphatic heterocycles. The molecule has 5 heteroatoms. The summed E-state index contributed by atoms with van der Waals surface area (Å²) in [6, 6.07) is 0. The Morgan fingerprint density at radius 3 is 2.22 bits per heavy atom. The molecule has 0 saturated heterocycles. The molecule has 5 aliphatic rings. The molecule has 9 atom stereocenters. The number of carbonyl (C=O) groups is 2. The van der Waals surface area contributed by atoms with Gasteiger partial charge in [-0.2, -0.15) is 0 Å². The molecule has 5 aliphatic carbocycles. The molecule has 4 nitrogen and oxygen atoms in total. The third-order valence-corrected chi connectivity index (χ3v) is 13.8. The van der Waals surface area contributed by atoms with Gasteiger partial charge in [-0.1, -0.05) is 70.0 Å². The van der Waals surface area contributed by atoms with Crippen molar-refractivity contribution in [3.8, 4) is 0 Å². The van der Waals surface area contributed by atoms with Gasteiger partial charge in [-0.05, 0) is 108 Å². The first-order chi connectivity index (χ1) is 17.0. The number of ether oxygens (including phenoxy) is 1. The fraction of sp³-hybridized carbons (Fsp3) is 0.875. The Bertz CT molecular complexity index is 1030. The molecular weight excluding hydrogens is 528 g/mol. The molecular formula is C32H49BrO4. The van der Waals surface area contributed by atoms with Crippen LogP contribution in [0.2, 0.25) is 0 Å². The Labute approximate surface area is 232 Å². The summed E-state index contributed by atoms with van der Waals surface area (Å²) in [5.41, 5.74) is 2.03. The van der Waals surface area contributed by atoms with Gasteiger partial charge in [0.05, 0.1) is 5.92 Å². The van der Waals surface area contributed by atoms with Gasteiger partial charge < -0.3 is 9.84 Å². The molecule has 0 amide bonds. The molecule has 0 aromatic heterocycles. The lowest BCUT2D eigenvalue weighted by molar-refractivity contribution is -0.211. The third-order valence-electron chi connectivity index (χ3n) is 13.1. The van der Waals surface area contributed by atoms with Crippen LogP contribution in [0.5, 0.6) is 0 Å². The highest BCUT2D eigenvalue weighted by atomic mass is 79.9. The molecule has 3 unspecified atom stereocenters. The van der Waals surface area contributed by atoms with Crippen molar-refractivity contribution in [1.82, 2.24) is 0 Å². The fourth-order valence-corrected chi connectivity index (χ4v) is 12.3. The van der Waals surface area contributed by atoms with Gasteiger partial charge in [0.1, 0.15) is 6.10 Å². The summed E-state index contributed by atoms with van der Waals surface area (Å²) in [5.74, 6) is 0.703. The Morgan fingerprint density at radius 1 is 0.919 bits per heavy atom. The number of aliphatic carboxylic acids is 1. The van der Waals surface area contributed by atoms with Crippen molar-refractivity contribution in [3.63, 3.8) is 0 Å². The summed E-state index contributed by atoms with van der Waals surface area (Å²) in [6.45, 7) is 18.5. The number of allylic oxidation sites excluding steroid dienone is 2. The minimum Gasteiger partial charge on any atom is -0.481 e. The van der Waals surface area contributed by atoms with Gasteiger partial charge in [-0.25, -0.2) is 0 Å². The van der Waals surface area contributed by atoms with Gasteiger partial charge in [0.2, 0.25) is 0 Å². The zero-order valence-electron chi connectivity index (χ0n) is 24.4. The highest BCUT2D eigenvalue weighted by Crippen LogP contribution is 2.76. The van der Waals surface area contributed by atoms with Crippen molar-refractivity contribution in [1.29, 1.82) is 0 Å². The van der Waals surface area contributed by atoms with E-state index in [9.17, 15) is 14.7 Å². The van der Waals surface area contributed by atoms with E-state index in [0.717, 1.165) is 44.9 Å². The van der Waals surface area contributed by atoms with E-state index in [4.69, 9.17) is 4.74 Å². The summed E-state index contributed by atoms with van der Waals surface area (Å²) in [7, 11) is 0. The van der Waals surface area contributed by atoms with Crippen LogP contribution in [0.15, 0.2) is 10.1 Å². The topological polar surface area (TPSA) is 63.6 Å². The molecule has 0 aromatic rings. The van der Waals surface area contributed by atoms with Crippen LogP contribution < -0.4 is 0 Å². The number of carbonyl (C=O) groups excluding carboxylic acids is 1. The van der Waals surface area contributed by atoms with E-state index >= 15 is 0 Å². The number of hydrogen-bond donors (Lipinski definition) is 1. The molecule has 0 heterocycles. The number of fused-ring (bicyclic) bond motifs is 7. The molecule has 0 aromatic carbocycles. The number of esters is 1. The quantitative estimate of drug-likeness (QED) is 0.335. The smallest absolute Gasteiger partial charge is 0.306 e. The second-order valence-electron chi connectivity index (χ2n) is 15.7. The summed E-state index contributed by atoms with van der Waals surface area (Å²) in [5, 5.41) is 10.2. The number of hydrogen-bond acceptors (Lipinski definition) is 3. The molecule has 0 spiro atoms. The van der Waals surface area contributed by atoms with Crippen LogP contribution in [0.3, 0.4) is 0 Å². The molecule has 5 rings (SSSR count). The summed E-state index contributed by atoms with van der Waals surface area (Å²) >= 11 is 4.18. The number of halogens is 1. The van der Waals surface area contributed by atoms with Gasteiger partial charge >= 0.3 is 11.9 Å². The first-order valence-corrected chi connectivity index (χ1v) is 15.6. The van der Waals surface area contributed by atoms with Crippen molar-refractivity contribution in [3.05, 3.63) is 10.1 Å². The highest BCUT2D eigenvalue weighted by Gasteiger charge is 2.68. The summed E-state index contributed by atoms with van der Waals surface area (Å²) in [4.78, 5) is 24.3. The van der Waals surface area contributed by atoms with Gasteiger partial charge in [0.15, 0.2) is 0 Å².